The number of hydrogen-bond acceptors (Lipinski definition) is 4. The standard InChI is InChI=1S/C14H23N3O2S/c1-14(2)8-6-11(7-9-14)17-20(18,19)12-4-5-13(15-3)16-10-12/h4-5,10-11,17H,6-9H2,1-3H3,(H,15,16). The summed E-state index contributed by atoms with van der Waals surface area (Å²) in [5.41, 5.74) is 0.331. The molecule has 1 aliphatic carbocycles. The minimum atomic E-state index is -3.46. The summed E-state index contributed by atoms with van der Waals surface area (Å²) in [5, 5.41) is 2.87. The molecule has 6 heteroatoms. The van der Waals surface area contributed by atoms with Crippen LogP contribution in [0.2, 0.25) is 0 Å². The largest absolute Gasteiger partial charge is 0.373 e. The summed E-state index contributed by atoms with van der Waals surface area (Å²) < 4.78 is 27.4. The maximum absolute atomic E-state index is 12.3. The fourth-order valence-electron chi connectivity index (χ4n) is 2.49. The summed E-state index contributed by atoms with van der Waals surface area (Å²) in [6.45, 7) is 4.47. The van der Waals surface area contributed by atoms with Crippen molar-refractivity contribution in [2.75, 3.05) is 12.4 Å². The summed E-state index contributed by atoms with van der Waals surface area (Å²) in [5.74, 6) is 0.656. The second-order valence-corrected chi connectivity index (χ2v) is 7.90. The van der Waals surface area contributed by atoms with Gasteiger partial charge in [-0.15, -0.1) is 0 Å². The molecule has 2 N–H and O–H groups in total. The first kappa shape index (κ1) is 15.3. The van der Waals surface area contributed by atoms with Crippen LogP contribution in [0.4, 0.5) is 5.82 Å². The van der Waals surface area contributed by atoms with Crippen molar-refractivity contribution in [1.29, 1.82) is 0 Å². The minimum absolute atomic E-state index is 0.0389. The predicted molar refractivity (Wildman–Crippen MR) is 80.1 cm³/mol. The molecular weight excluding hydrogens is 274 g/mol. The van der Waals surface area contributed by atoms with E-state index in [9.17, 15) is 8.42 Å². The van der Waals surface area contributed by atoms with E-state index in [1.807, 2.05) is 0 Å². The van der Waals surface area contributed by atoms with Crippen molar-refractivity contribution in [3.8, 4) is 0 Å². The van der Waals surface area contributed by atoms with Gasteiger partial charge in [-0.1, -0.05) is 13.8 Å². The first-order valence-electron chi connectivity index (χ1n) is 6.99. The molecule has 0 bridgehead atoms. The smallest absolute Gasteiger partial charge is 0.242 e. The Hall–Kier alpha value is -1.14. The monoisotopic (exact) mass is 297 g/mol. The van der Waals surface area contributed by atoms with E-state index in [0.29, 0.717) is 11.2 Å². The van der Waals surface area contributed by atoms with Gasteiger partial charge >= 0.3 is 0 Å². The first-order chi connectivity index (χ1) is 9.32. The van der Waals surface area contributed by atoms with E-state index in [2.05, 4.69) is 28.9 Å². The predicted octanol–water partition coefficient (Wildman–Crippen LogP) is 2.37. The van der Waals surface area contributed by atoms with Gasteiger partial charge in [0.25, 0.3) is 0 Å². The molecule has 1 aromatic rings. The molecule has 0 radical (unpaired) electrons. The van der Waals surface area contributed by atoms with Gasteiger partial charge < -0.3 is 5.32 Å². The van der Waals surface area contributed by atoms with Crippen molar-refractivity contribution in [3.63, 3.8) is 0 Å². The van der Waals surface area contributed by atoms with Gasteiger partial charge in [0, 0.05) is 19.3 Å². The number of nitrogens with one attached hydrogen (secondary N) is 2. The molecule has 2 rings (SSSR count). The van der Waals surface area contributed by atoms with E-state index in [4.69, 9.17) is 0 Å². The van der Waals surface area contributed by atoms with Crippen LogP contribution in [-0.2, 0) is 10.0 Å². The third kappa shape index (κ3) is 3.70. The second kappa shape index (κ2) is 5.69. The third-order valence-corrected chi connectivity index (χ3v) is 5.47. The summed E-state index contributed by atoms with van der Waals surface area (Å²) in [6, 6.07) is 3.28. The maximum Gasteiger partial charge on any atom is 0.242 e. The second-order valence-electron chi connectivity index (χ2n) is 6.19. The molecule has 0 saturated heterocycles. The number of aromatic nitrogens is 1. The van der Waals surface area contributed by atoms with Crippen molar-refractivity contribution in [3.05, 3.63) is 18.3 Å². The van der Waals surface area contributed by atoms with Gasteiger partial charge in [-0.2, -0.15) is 0 Å². The van der Waals surface area contributed by atoms with Gasteiger partial charge in [-0.3, -0.25) is 0 Å². The Bertz CT molecular complexity index is 542. The SMILES string of the molecule is CNc1ccc(S(=O)(=O)NC2CCC(C)(C)CC2)cn1. The highest BCUT2D eigenvalue weighted by molar-refractivity contribution is 7.89. The van der Waals surface area contributed by atoms with Crippen LogP contribution in [0.3, 0.4) is 0 Å². The highest BCUT2D eigenvalue weighted by Crippen LogP contribution is 2.35. The fraction of sp³-hybridized carbons (Fsp3) is 0.643. The fourth-order valence-corrected chi connectivity index (χ4v) is 3.74. The minimum Gasteiger partial charge on any atom is -0.373 e. The van der Waals surface area contributed by atoms with Crippen LogP contribution in [0.5, 0.6) is 0 Å². The number of anilines is 1. The van der Waals surface area contributed by atoms with E-state index >= 15 is 0 Å². The van der Waals surface area contributed by atoms with Crippen LogP contribution in [-0.4, -0.2) is 26.5 Å². The van der Waals surface area contributed by atoms with Gasteiger partial charge in [-0.05, 0) is 43.2 Å². The molecule has 20 heavy (non-hydrogen) atoms. The van der Waals surface area contributed by atoms with E-state index < -0.39 is 10.0 Å². The molecule has 0 aliphatic heterocycles. The van der Waals surface area contributed by atoms with E-state index in [0.717, 1.165) is 25.7 Å². The molecule has 0 amide bonds. The normalized spacial score (nSPS) is 19.8. The van der Waals surface area contributed by atoms with Crippen molar-refractivity contribution in [1.82, 2.24) is 9.71 Å². The van der Waals surface area contributed by atoms with Gasteiger partial charge in [0.15, 0.2) is 0 Å². The maximum atomic E-state index is 12.3. The topological polar surface area (TPSA) is 71.1 Å². The number of rotatable bonds is 4. The highest BCUT2D eigenvalue weighted by Gasteiger charge is 2.29. The molecule has 0 unspecified atom stereocenters. The zero-order chi connectivity index (χ0) is 14.8. The molecule has 1 heterocycles. The Labute approximate surface area is 121 Å². The number of hydrogen-bond donors (Lipinski definition) is 2. The van der Waals surface area contributed by atoms with Crippen LogP contribution < -0.4 is 10.0 Å². The zero-order valence-corrected chi connectivity index (χ0v) is 13.1. The van der Waals surface area contributed by atoms with Crippen LogP contribution >= 0.6 is 0 Å². The Morgan fingerprint density at radius 1 is 1.25 bits per heavy atom. The molecule has 1 aromatic heterocycles. The average Bonchev–Trinajstić information content (AvgIpc) is 2.41. The van der Waals surface area contributed by atoms with Crippen molar-refractivity contribution in [2.45, 2.75) is 50.5 Å². The lowest BCUT2D eigenvalue weighted by Gasteiger charge is -2.34. The summed E-state index contributed by atoms with van der Waals surface area (Å²) in [4.78, 5) is 4.27. The first-order valence-corrected chi connectivity index (χ1v) is 8.47. The number of pyridine rings is 1. The Morgan fingerprint density at radius 3 is 2.40 bits per heavy atom. The van der Waals surface area contributed by atoms with Gasteiger partial charge in [0.1, 0.15) is 10.7 Å². The van der Waals surface area contributed by atoms with Crippen LogP contribution in [0.1, 0.15) is 39.5 Å². The molecule has 0 spiro atoms. The van der Waals surface area contributed by atoms with E-state index in [-0.39, 0.29) is 10.9 Å². The quantitative estimate of drug-likeness (QED) is 0.895. The number of sulfonamides is 1. The molecule has 0 atom stereocenters. The Kier molecular flexibility index (Phi) is 4.34. The molecule has 1 fully saturated rings. The van der Waals surface area contributed by atoms with Gasteiger partial charge in [0.05, 0.1) is 0 Å². The molecular formula is C14H23N3O2S. The van der Waals surface area contributed by atoms with Crippen LogP contribution in [0.25, 0.3) is 0 Å². The van der Waals surface area contributed by atoms with Crippen LogP contribution in [0, 0.1) is 5.41 Å². The number of nitrogens with zero attached hydrogens (tertiary/aromatic N) is 1. The summed E-state index contributed by atoms with van der Waals surface area (Å²) in [7, 11) is -1.71. The highest BCUT2D eigenvalue weighted by atomic mass is 32.2. The lowest BCUT2D eigenvalue weighted by Crippen LogP contribution is -2.39. The summed E-state index contributed by atoms with van der Waals surface area (Å²) in [6.07, 6.45) is 5.29. The van der Waals surface area contributed by atoms with E-state index in [1.165, 1.54) is 6.20 Å². The lowest BCUT2D eigenvalue weighted by atomic mass is 9.76. The molecule has 112 valence electrons. The third-order valence-electron chi connectivity index (χ3n) is 3.96. The van der Waals surface area contributed by atoms with Gasteiger partial charge in [-0.25, -0.2) is 18.1 Å². The molecule has 1 aliphatic rings. The Balaban J connectivity index is 2.04. The zero-order valence-electron chi connectivity index (χ0n) is 12.3. The van der Waals surface area contributed by atoms with Gasteiger partial charge in [0.2, 0.25) is 10.0 Å². The summed E-state index contributed by atoms with van der Waals surface area (Å²) >= 11 is 0. The van der Waals surface area contributed by atoms with E-state index in [1.54, 1.807) is 19.2 Å². The van der Waals surface area contributed by atoms with Crippen molar-refractivity contribution < 1.29 is 8.42 Å². The lowest BCUT2D eigenvalue weighted by molar-refractivity contribution is 0.218. The molecule has 0 aromatic carbocycles. The van der Waals surface area contributed by atoms with Crippen LogP contribution in [0.15, 0.2) is 23.2 Å². The Morgan fingerprint density at radius 2 is 1.90 bits per heavy atom. The average molecular weight is 297 g/mol. The molecule has 1 saturated carbocycles. The molecule has 5 nitrogen and oxygen atoms in total. The van der Waals surface area contributed by atoms with Crippen molar-refractivity contribution >= 4 is 15.8 Å². The van der Waals surface area contributed by atoms with Crippen molar-refractivity contribution in [2.24, 2.45) is 5.41 Å².